The van der Waals surface area contributed by atoms with Gasteiger partial charge in [0.15, 0.2) is 0 Å². The van der Waals surface area contributed by atoms with Gasteiger partial charge in [0.25, 0.3) is 5.91 Å². The molecule has 8 heteroatoms. The normalized spacial score (nSPS) is 15.8. The van der Waals surface area contributed by atoms with Crippen LogP contribution in [0.5, 0.6) is 0 Å². The predicted molar refractivity (Wildman–Crippen MR) is 109 cm³/mol. The van der Waals surface area contributed by atoms with Crippen molar-refractivity contribution < 1.29 is 13.2 Å². The van der Waals surface area contributed by atoms with Crippen LogP contribution in [0.4, 0.5) is 5.69 Å². The Labute approximate surface area is 166 Å². The molecule has 6 nitrogen and oxygen atoms in total. The lowest BCUT2D eigenvalue weighted by Crippen LogP contribution is -2.50. The molecular weight excluding hydrogens is 386 g/mol. The Morgan fingerprint density at radius 3 is 2.37 bits per heavy atom. The molecule has 1 amide bonds. The van der Waals surface area contributed by atoms with Gasteiger partial charge in [-0.15, -0.1) is 12.4 Å². The van der Waals surface area contributed by atoms with Crippen molar-refractivity contribution in [1.82, 2.24) is 4.31 Å². The van der Waals surface area contributed by atoms with Gasteiger partial charge >= 0.3 is 0 Å². The molecule has 3 rings (SSSR count). The van der Waals surface area contributed by atoms with E-state index in [1.807, 2.05) is 30.3 Å². The van der Waals surface area contributed by atoms with Gasteiger partial charge in [-0.05, 0) is 36.6 Å². The Hall–Kier alpha value is -1.93. The first kappa shape index (κ1) is 21.4. The number of amides is 1. The van der Waals surface area contributed by atoms with Crippen LogP contribution in [0.2, 0.25) is 0 Å². The number of carbonyl (C=O) groups is 1. The minimum Gasteiger partial charge on any atom is -0.314 e. The Kier molecular flexibility index (Phi) is 6.01. The molecule has 0 bridgehead atoms. The molecule has 0 saturated carbocycles. The molecule has 2 N–H and O–H groups in total. The number of hydrogen-bond donors (Lipinski definition) is 1. The fourth-order valence-electron chi connectivity index (χ4n) is 3.13. The van der Waals surface area contributed by atoms with E-state index < -0.39 is 15.6 Å². The molecule has 0 saturated heterocycles. The average Bonchev–Trinajstić information content (AvgIpc) is 3.04. The highest BCUT2D eigenvalue weighted by atomic mass is 35.5. The van der Waals surface area contributed by atoms with Crippen LogP contribution in [0.3, 0.4) is 0 Å². The zero-order valence-corrected chi connectivity index (χ0v) is 17.2. The van der Waals surface area contributed by atoms with Crippen LogP contribution < -0.4 is 10.6 Å². The lowest BCUT2D eigenvalue weighted by molar-refractivity contribution is -0.123. The summed E-state index contributed by atoms with van der Waals surface area (Å²) < 4.78 is 26.0. The van der Waals surface area contributed by atoms with Crippen molar-refractivity contribution in [2.45, 2.75) is 23.8 Å². The van der Waals surface area contributed by atoms with Gasteiger partial charge in [0.05, 0.1) is 4.90 Å². The number of hydrogen-bond acceptors (Lipinski definition) is 4. The van der Waals surface area contributed by atoms with E-state index in [4.69, 9.17) is 5.73 Å². The van der Waals surface area contributed by atoms with Gasteiger partial charge in [0.1, 0.15) is 5.54 Å². The van der Waals surface area contributed by atoms with Crippen LogP contribution in [0.25, 0.3) is 0 Å². The number of rotatable bonds is 4. The Morgan fingerprint density at radius 1 is 1.15 bits per heavy atom. The second-order valence-electron chi connectivity index (χ2n) is 6.85. The first-order valence-corrected chi connectivity index (χ1v) is 9.81. The van der Waals surface area contributed by atoms with Crippen molar-refractivity contribution >= 4 is 34.0 Å². The number of nitrogens with two attached hydrogens (primary N) is 1. The van der Waals surface area contributed by atoms with E-state index in [0.717, 1.165) is 15.4 Å². The van der Waals surface area contributed by atoms with Gasteiger partial charge in [-0.3, -0.25) is 4.79 Å². The summed E-state index contributed by atoms with van der Waals surface area (Å²) in [4.78, 5) is 14.9. The van der Waals surface area contributed by atoms with Gasteiger partial charge < -0.3 is 10.6 Å². The van der Waals surface area contributed by atoms with Crippen molar-refractivity contribution in [2.75, 3.05) is 25.5 Å². The van der Waals surface area contributed by atoms with Crippen LogP contribution >= 0.6 is 12.4 Å². The zero-order chi connectivity index (χ0) is 19.1. The highest BCUT2D eigenvalue weighted by Crippen LogP contribution is 2.34. The Balaban J connectivity index is 0.00000261. The average molecular weight is 410 g/mol. The molecule has 0 fully saturated rings. The summed E-state index contributed by atoms with van der Waals surface area (Å²) >= 11 is 0. The second kappa shape index (κ2) is 7.59. The molecule has 1 aliphatic rings. The van der Waals surface area contributed by atoms with Crippen LogP contribution in [0.15, 0.2) is 53.4 Å². The standard InChI is InChI=1S/C19H23N3O3S.ClH/c1-19(20,15-7-5-4-6-8-15)18(23)22-12-11-14-9-10-16(13-17(14)22)26(24,25)21(2)3;/h4-10,13H,11-12,20H2,1-3H3;1H. The molecule has 0 aromatic heterocycles. The SMILES string of the molecule is CN(C)S(=O)(=O)c1ccc2c(c1)N(C(=O)C(C)(N)c1ccccc1)CC2.Cl. The van der Waals surface area contributed by atoms with Crippen molar-refractivity contribution in [1.29, 1.82) is 0 Å². The molecule has 1 atom stereocenters. The number of fused-ring (bicyclic) bond motifs is 1. The third-order valence-corrected chi connectivity index (χ3v) is 6.60. The summed E-state index contributed by atoms with van der Waals surface area (Å²) in [5.74, 6) is -0.248. The van der Waals surface area contributed by atoms with Gasteiger partial charge in [0, 0.05) is 26.3 Å². The Bertz CT molecular complexity index is 944. The van der Waals surface area contributed by atoms with E-state index in [-0.39, 0.29) is 23.2 Å². The number of sulfonamides is 1. The van der Waals surface area contributed by atoms with Crippen molar-refractivity contribution in [3.8, 4) is 0 Å². The highest BCUT2D eigenvalue weighted by molar-refractivity contribution is 7.89. The van der Waals surface area contributed by atoms with Crippen LogP contribution in [-0.2, 0) is 26.8 Å². The number of anilines is 1. The van der Waals surface area contributed by atoms with E-state index in [9.17, 15) is 13.2 Å². The smallest absolute Gasteiger partial charge is 0.251 e. The van der Waals surface area contributed by atoms with E-state index in [1.54, 1.807) is 30.0 Å². The summed E-state index contributed by atoms with van der Waals surface area (Å²) in [6.45, 7) is 2.17. The van der Waals surface area contributed by atoms with Gasteiger partial charge in [-0.1, -0.05) is 36.4 Å². The van der Waals surface area contributed by atoms with Crippen LogP contribution in [0.1, 0.15) is 18.1 Å². The summed E-state index contributed by atoms with van der Waals surface area (Å²) in [6.07, 6.45) is 0.675. The summed E-state index contributed by atoms with van der Waals surface area (Å²) in [5.41, 5.74) is 7.46. The van der Waals surface area contributed by atoms with Gasteiger partial charge in [0.2, 0.25) is 10.0 Å². The minimum absolute atomic E-state index is 0. The lowest BCUT2D eigenvalue weighted by Gasteiger charge is -2.30. The second-order valence-corrected chi connectivity index (χ2v) is 9.00. The molecule has 2 aromatic carbocycles. The summed E-state index contributed by atoms with van der Waals surface area (Å²) in [7, 11) is -0.603. The number of halogens is 1. The maximum absolute atomic E-state index is 13.2. The molecule has 0 radical (unpaired) electrons. The van der Waals surface area contributed by atoms with Gasteiger partial charge in [-0.2, -0.15) is 0 Å². The molecule has 1 unspecified atom stereocenters. The van der Waals surface area contributed by atoms with Crippen LogP contribution in [0, 0.1) is 0 Å². The maximum atomic E-state index is 13.2. The summed E-state index contributed by atoms with van der Waals surface area (Å²) in [5, 5.41) is 0. The number of carbonyl (C=O) groups excluding carboxylic acids is 1. The molecule has 1 aliphatic heterocycles. The summed E-state index contributed by atoms with van der Waals surface area (Å²) in [6, 6.07) is 14.1. The first-order chi connectivity index (χ1) is 12.2. The van der Waals surface area contributed by atoms with E-state index in [2.05, 4.69) is 0 Å². The topological polar surface area (TPSA) is 83.7 Å². The van der Waals surface area contributed by atoms with E-state index >= 15 is 0 Å². The van der Waals surface area contributed by atoms with E-state index in [0.29, 0.717) is 18.7 Å². The van der Waals surface area contributed by atoms with Crippen LogP contribution in [-0.4, -0.2) is 39.3 Å². The van der Waals surface area contributed by atoms with Crippen molar-refractivity contribution in [3.05, 3.63) is 59.7 Å². The third kappa shape index (κ3) is 3.73. The molecular formula is C19H24ClN3O3S. The molecule has 2 aromatic rings. The molecule has 27 heavy (non-hydrogen) atoms. The molecule has 0 spiro atoms. The molecule has 0 aliphatic carbocycles. The number of nitrogens with zero attached hydrogens (tertiary/aromatic N) is 2. The molecule has 1 heterocycles. The fraction of sp³-hybridized carbons (Fsp3) is 0.316. The van der Waals surface area contributed by atoms with Gasteiger partial charge in [-0.25, -0.2) is 12.7 Å². The Morgan fingerprint density at radius 2 is 1.78 bits per heavy atom. The quantitative estimate of drug-likeness (QED) is 0.838. The first-order valence-electron chi connectivity index (χ1n) is 8.37. The fourth-order valence-corrected chi connectivity index (χ4v) is 4.05. The zero-order valence-electron chi connectivity index (χ0n) is 15.5. The monoisotopic (exact) mass is 409 g/mol. The highest BCUT2D eigenvalue weighted by Gasteiger charge is 2.38. The maximum Gasteiger partial charge on any atom is 0.251 e. The largest absolute Gasteiger partial charge is 0.314 e. The third-order valence-electron chi connectivity index (χ3n) is 4.79. The lowest BCUT2D eigenvalue weighted by atomic mass is 9.91. The van der Waals surface area contributed by atoms with Crippen molar-refractivity contribution in [3.63, 3.8) is 0 Å². The predicted octanol–water partition coefficient (Wildman–Crippen LogP) is 2.12. The molecule has 146 valence electrons. The van der Waals surface area contributed by atoms with E-state index in [1.165, 1.54) is 14.1 Å². The minimum atomic E-state index is -3.57. The number of benzene rings is 2. The van der Waals surface area contributed by atoms with Crippen molar-refractivity contribution in [2.24, 2.45) is 5.73 Å².